The lowest BCUT2D eigenvalue weighted by atomic mass is 10.1. The van der Waals surface area contributed by atoms with Gasteiger partial charge in [0.15, 0.2) is 0 Å². The van der Waals surface area contributed by atoms with Gasteiger partial charge in [-0.1, -0.05) is 42.5 Å². The fraction of sp³-hybridized carbons (Fsp3) is 0. The molecule has 0 aliphatic heterocycles. The highest BCUT2D eigenvalue weighted by molar-refractivity contribution is 9.10. The Balaban J connectivity index is 1.87. The largest absolute Gasteiger partial charge is 0.437 e. The second kappa shape index (κ2) is 6.10. The lowest BCUT2D eigenvalue weighted by molar-refractivity contribution is 0.465. The first-order chi connectivity index (χ1) is 11.3. The maximum atomic E-state index is 6.05. The molecule has 112 valence electrons. The van der Waals surface area contributed by atoms with Crippen molar-refractivity contribution in [2.75, 3.05) is 0 Å². The monoisotopic (exact) mass is 382 g/mol. The van der Waals surface area contributed by atoms with E-state index in [0.29, 0.717) is 5.88 Å². The lowest BCUT2D eigenvalue weighted by Gasteiger charge is -2.08. The summed E-state index contributed by atoms with van der Waals surface area (Å²) in [6, 6.07) is 18.0. The van der Waals surface area contributed by atoms with Gasteiger partial charge in [-0.05, 0) is 33.6 Å². The number of fused-ring (bicyclic) bond motifs is 1. The zero-order chi connectivity index (χ0) is 15.6. The molecule has 4 aromatic rings. The third-order valence-corrected chi connectivity index (χ3v) is 5.01. The Morgan fingerprint density at radius 1 is 0.913 bits per heavy atom. The van der Waals surface area contributed by atoms with Crippen LogP contribution < -0.4 is 4.74 Å². The first-order valence-corrected chi connectivity index (χ1v) is 8.70. The van der Waals surface area contributed by atoms with Crippen LogP contribution in [0.3, 0.4) is 0 Å². The molecule has 0 bridgehead atoms. The number of thiophene rings is 1. The van der Waals surface area contributed by atoms with E-state index in [9.17, 15) is 0 Å². The van der Waals surface area contributed by atoms with Gasteiger partial charge >= 0.3 is 0 Å². The summed E-state index contributed by atoms with van der Waals surface area (Å²) < 4.78 is 6.94. The van der Waals surface area contributed by atoms with Gasteiger partial charge in [-0.3, -0.25) is 0 Å². The van der Waals surface area contributed by atoms with Crippen LogP contribution in [0.5, 0.6) is 11.6 Å². The topological polar surface area (TPSA) is 35.0 Å². The Hall–Kier alpha value is -2.24. The van der Waals surface area contributed by atoms with E-state index in [4.69, 9.17) is 4.74 Å². The molecule has 2 heterocycles. The van der Waals surface area contributed by atoms with Gasteiger partial charge in [0, 0.05) is 10.9 Å². The number of hydrogen-bond donors (Lipinski definition) is 0. The average Bonchev–Trinajstić information content (AvgIpc) is 3.03. The van der Waals surface area contributed by atoms with Crippen molar-refractivity contribution < 1.29 is 4.74 Å². The maximum Gasteiger partial charge on any atom is 0.231 e. The first-order valence-electron chi connectivity index (χ1n) is 7.03. The summed E-state index contributed by atoms with van der Waals surface area (Å²) in [5, 5.41) is 3.04. The second-order valence-electron chi connectivity index (χ2n) is 4.91. The molecule has 2 aromatic carbocycles. The summed E-state index contributed by atoms with van der Waals surface area (Å²) in [7, 11) is 0. The summed E-state index contributed by atoms with van der Waals surface area (Å²) in [4.78, 5) is 9.64. The fourth-order valence-corrected chi connectivity index (χ4v) is 3.66. The Bertz CT molecular complexity index is 969. The Kier molecular flexibility index (Phi) is 3.81. The second-order valence-corrected chi connectivity index (χ2v) is 6.62. The molecule has 5 heteroatoms. The zero-order valence-corrected chi connectivity index (χ0v) is 14.3. The van der Waals surface area contributed by atoms with Crippen LogP contribution in [0.15, 0.2) is 70.8 Å². The number of benzene rings is 2. The van der Waals surface area contributed by atoms with E-state index in [2.05, 4.69) is 43.4 Å². The van der Waals surface area contributed by atoms with E-state index in [1.165, 1.54) is 0 Å². The van der Waals surface area contributed by atoms with E-state index in [1.807, 2.05) is 42.5 Å². The van der Waals surface area contributed by atoms with Gasteiger partial charge in [0.2, 0.25) is 5.88 Å². The Labute approximate surface area is 145 Å². The highest BCUT2D eigenvalue weighted by atomic mass is 79.9. The van der Waals surface area contributed by atoms with Gasteiger partial charge in [0.05, 0.1) is 9.86 Å². The molecule has 0 spiro atoms. The van der Waals surface area contributed by atoms with Crippen LogP contribution in [0.4, 0.5) is 0 Å². The molecular weight excluding hydrogens is 372 g/mol. The summed E-state index contributed by atoms with van der Waals surface area (Å²) in [5.41, 5.74) is 2.22. The van der Waals surface area contributed by atoms with Crippen molar-refractivity contribution in [2.24, 2.45) is 0 Å². The zero-order valence-electron chi connectivity index (χ0n) is 11.9. The predicted octanol–water partition coefficient (Wildman–Crippen LogP) is 5.91. The Morgan fingerprint density at radius 3 is 2.52 bits per heavy atom. The predicted molar refractivity (Wildman–Crippen MR) is 97.1 cm³/mol. The molecule has 0 saturated heterocycles. The van der Waals surface area contributed by atoms with Crippen molar-refractivity contribution in [2.45, 2.75) is 0 Å². The molecule has 0 unspecified atom stereocenters. The number of para-hydroxylation sites is 1. The van der Waals surface area contributed by atoms with Crippen molar-refractivity contribution in [3.8, 4) is 22.8 Å². The minimum atomic E-state index is 0.571. The molecular formula is C18H11BrN2OS. The first kappa shape index (κ1) is 14.4. The van der Waals surface area contributed by atoms with Crippen molar-refractivity contribution >= 4 is 37.5 Å². The molecule has 0 aliphatic rings. The highest BCUT2D eigenvalue weighted by Crippen LogP contribution is 2.39. The molecule has 0 aliphatic carbocycles. The molecule has 3 nitrogen and oxygen atoms in total. The van der Waals surface area contributed by atoms with Crippen LogP contribution in [0.1, 0.15) is 0 Å². The maximum absolute atomic E-state index is 6.05. The summed E-state index contributed by atoms with van der Waals surface area (Å²) in [5.74, 6) is 1.31. The number of aromatic nitrogens is 2. The van der Waals surface area contributed by atoms with E-state index >= 15 is 0 Å². The van der Waals surface area contributed by atoms with E-state index in [0.717, 1.165) is 31.6 Å². The third-order valence-electron chi connectivity index (χ3n) is 3.46. The molecule has 0 N–H and O–H groups in total. The number of hydrogen-bond acceptors (Lipinski definition) is 4. The van der Waals surface area contributed by atoms with Gasteiger partial charge in [-0.25, -0.2) is 9.97 Å². The number of halogens is 1. The molecule has 4 rings (SSSR count). The van der Waals surface area contributed by atoms with Gasteiger partial charge in [-0.2, -0.15) is 0 Å². The summed E-state index contributed by atoms with van der Waals surface area (Å²) in [6.07, 6.45) is 1.54. The average molecular weight is 383 g/mol. The van der Waals surface area contributed by atoms with Crippen LogP contribution >= 0.6 is 27.3 Å². The highest BCUT2D eigenvalue weighted by Gasteiger charge is 2.15. The number of ether oxygens (including phenoxy) is 1. The normalized spacial score (nSPS) is 10.8. The van der Waals surface area contributed by atoms with E-state index < -0.39 is 0 Å². The van der Waals surface area contributed by atoms with E-state index in [-0.39, 0.29) is 0 Å². The SMILES string of the molecule is Brc1ccccc1Oc1ncnc2scc(-c3ccccc3)c12. The fourth-order valence-electron chi connectivity index (χ4n) is 2.39. The minimum Gasteiger partial charge on any atom is -0.437 e. The van der Waals surface area contributed by atoms with Crippen LogP contribution in [-0.2, 0) is 0 Å². The number of nitrogens with zero attached hydrogens (tertiary/aromatic N) is 2. The molecule has 0 saturated carbocycles. The molecule has 0 amide bonds. The van der Waals surface area contributed by atoms with Crippen LogP contribution in [0.2, 0.25) is 0 Å². The third kappa shape index (κ3) is 2.73. The van der Waals surface area contributed by atoms with Gasteiger partial charge in [0.25, 0.3) is 0 Å². The van der Waals surface area contributed by atoms with Gasteiger partial charge in [0.1, 0.15) is 16.9 Å². The standard InChI is InChI=1S/C18H11BrN2OS/c19-14-8-4-5-9-15(14)22-17-16-13(12-6-2-1-3-7-12)10-23-18(16)21-11-20-17/h1-11H. The smallest absolute Gasteiger partial charge is 0.231 e. The van der Waals surface area contributed by atoms with Crippen LogP contribution in [-0.4, -0.2) is 9.97 Å². The minimum absolute atomic E-state index is 0.571. The summed E-state index contributed by atoms with van der Waals surface area (Å²) in [6.45, 7) is 0. The Morgan fingerprint density at radius 2 is 1.70 bits per heavy atom. The molecule has 2 aromatic heterocycles. The van der Waals surface area contributed by atoms with Crippen molar-refractivity contribution in [1.29, 1.82) is 0 Å². The van der Waals surface area contributed by atoms with Gasteiger partial charge < -0.3 is 4.74 Å². The quantitative estimate of drug-likeness (QED) is 0.441. The molecule has 23 heavy (non-hydrogen) atoms. The number of rotatable bonds is 3. The van der Waals surface area contributed by atoms with Crippen LogP contribution in [0, 0.1) is 0 Å². The molecule has 0 fully saturated rings. The molecule has 0 atom stereocenters. The van der Waals surface area contributed by atoms with Crippen LogP contribution in [0.25, 0.3) is 21.3 Å². The summed E-state index contributed by atoms with van der Waals surface area (Å²) >= 11 is 5.10. The van der Waals surface area contributed by atoms with Gasteiger partial charge in [-0.15, -0.1) is 11.3 Å². The van der Waals surface area contributed by atoms with Crippen molar-refractivity contribution in [3.05, 3.63) is 70.8 Å². The molecule has 0 radical (unpaired) electrons. The van der Waals surface area contributed by atoms with Crippen molar-refractivity contribution in [1.82, 2.24) is 9.97 Å². The lowest BCUT2D eigenvalue weighted by Crippen LogP contribution is -1.91. The van der Waals surface area contributed by atoms with Crippen molar-refractivity contribution in [3.63, 3.8) is 0 Å². The van der Waals surface area contributed by atoms with E-state index in [1.54, 1.807) is 17.7 Å².